The second kappa shape index (κ2) is 16.7. The third-order valence-electron chi connectivity index (χ3n) is 0.566. The van der Waals surface area contributed by atoms with Crippen LogP contribution < -0.4 is 34.0 Å². The van der Waals surface area contributed by atoms with Gasteiger partial charge in [-0.2, -0.15) is 0 Å². The molecule has 0 bridgehead atoms. The topological polar surface area (TPSA) is 60.6 Å². The molecule has 1 aromatic heterocycles. The van der Waals surface area contributed by atoms with Crippen molar-refractivity contribution < 1.29 is 48.3 Å². The van der Waals surface area contributed by atoms with E-state index in [1.54, 1.807) is 12.4 Å². The Morgan fingerprint density at radius 2 is 1.27 bits per heavy atom. The summed E-state index contributed by atoms with van der Waals surface area (Å²) in [6.45, 7) is 0. The van der Waals surface area contributed by atoms with Crippen molar-refractivity contribution >= 4 is 0 Å². The van der Waals surface area contributed by atoms with Gasteiger partial charge in [0.1, 0.15) is 0 Å². The minimum Gasteiger partial charge on any atom is -0.265 e. The summed E-state index contributed by atoms with van der Waals surface area (Å²) >= 11 is -0.0625. The van der Waals surface area contributed by atoms with E-state index in [4.69, 9.17) is 8.82 Å². The molecule has 0 unspecified atom stereocenters. The molecule has 1 heterocycles. The molecule has 0 aromatic carbocycles. The average Bonchev–Trinajstić information content (AvgIpc) is 1.93. The van der Waals surface area contributed by atoms with E-state index >= 15 is 0 Å². The van der Waals surface area contributed by atoms with Crippen LogP contribution in [0.4, 0.5) is 0 Å². The van der Waals surface area contributed by atoms with Gasteiger partial charge in [-0.25, -0.2) is 0 Å². The number of nitrogens with one attached hydrogen (secondary N) is 2. The number of hydrogen-bond acceptors (Lipinski definition) is 3. The zero-order valence-corrected chi connectivity index (χ0v) is 9.64. The summed E-state index contributed by atoms with van der Waals surface area (Å²) in [7, 11) is 0. The fourth-order valence-electron chi connectivity index (χ4n) is 0.313. The van der Waals surface area contributed by atoms with Crippen molar-refractivity contribution in [2.24, 2.45) is 0 Å². The molecule has 0 saturated heterocycles. The molecule has 6 heteroatoms. The molecule has 0 aliphatic carbocycles. The van der Waals surface area contributed by atoms with Gasteiger partial charge in [0.25, 0.3) is 0 Å². The monoisotopic (exact) mass is 326 g/mol. The standard InChI is InChI=1S/C5H5N.2BrH.Co.2HN/c1-2-4-6-5-3-1;;;;;/h1-5H;2*1H;;2*1H/q;;;+2;;/p-2. The maximum atomic E-state index is 5.84. The van der Waals surface area contributed by atoms with Gasteiger partial charge in [0.15, 0.2) is 0 Å². The van der Waals surface area contributed by atoms with Gasteiger partial charge < -0.3 is 34.0 Å². The third-order valence-corrected chi connectivity index (χ3v) is 0.566. The van der Waals surface area contributed by atoms with Crippen molar-refractivity contribution in [3.8, 4) is 0 Å². The Morgan fingerprint density at radius 3 is 1.36 bits per heavy atom. The molecular formula is C5H7Br2CoN3. The van der Waals surface area contributed by atoms with Gasteiger partial charge in [0.05, 0.1) is 0 Å². The summed E-state index contributed by atoms with van der Waals surface area (Å²) in [6.07, 6.45) is 3.50. The van der Waals surface area contributed by atoms with Crippen LogP contribution in [-0.2, 0) is 14.3 Å². The van der Waals surface area contributed by atoms with E-state index in [1.807, 2.05) is 18.2 Å². The Morgan fingerprint density at radius 1 is 0.909 bits per heavy atom. The minimum atomic E-state index is -0.0625. The van der Waals surface area contributed by atoms with Crippen molar-refractivity contribution in [2.45, 2.75) is 0 Å². The van der Waals surface area contributed by atoms with Crippen LogP contribution >= 0.6 is 0 Å². The first-order valence-electron chi connectivity index (χ1n) is 2.18. The number of nitrogens with zero attached hydrogens (tertiary/aromatic N) is 1. The number of halogens is 2. The van der Waals surface area contributed by atoms with E-state index < -0.39 is 0 Å². The summed E-state index contributed by atoms with van der Waals surface area (Å²) < 4.78 is 11.7. The molecule has 2 N–H and O–H groups in total. The maximum Gasteiger partial charge on any atom is 0.0267 e. The van der Waals surface area contributed by atoms with Crippen LogP contribution in [0.5, 0.6) is 0 Å². The molecule has 0 fully saturated rings. The second-order valence-electron chi connectivity index (χ2n) is 1.11. The zero-order chi connectivity index (χ0) is 6.95. The van der Waals surface area contributed by atoms with Crippen LogP contribution in [-0.4, -0.2) is 4.98 Å². The Kier molecular flexibility index (Phi) is 26.3. The molecule has 0 radical (unpaired) electrons. The van der Waals surface area contributed by atoms with Crippen molar-refractivity contribution in [2.75, 3.05) is 0 Å². The Labute approximate surface area is 92.3 Å². The van der Waals surface area contributed by atoms with Crippen molar-refractivity contribution in [3.05, 3.63) is 30.6 Å². The third kappa shape index (κ3) is 17.8. The van der Waals surface area contributed by atoms with Gasteiger partial charge >= 0.3 is 23.1 Å². The quantitative estimate of drug-likeness (QED) is 0.497. The van der Waals surface area contributed by atoms with E-state index in [1.165, 1.54) is 0 Å². The molecule has 65 valence electrons. The summed E-state index contributed by atoms with van der Waals surface area (Å²) in [6, 6.07) is 5.72. The largest absolute Gasteiger partial charge is 0.265 e. The van der Waals surface area contributed by atoms with Gasteiger partial charge in [0, 0.05) is 12.4 Å². The first-order chi connectivity index (χ1) is 4.41. The second-order valence-corrected chi connectivity index (χ2v) is 1.37. The number of rotatable bonds is 0. The number of pyridine rings is 1. The van der Waals surface area contributed by atoms with E-state index in [-0.39, 0.29) is 48.3 Å². The average molecular weight is 328 g/mol. The molecule has 0 amide bonds. The summed E-state index contributed by atoms with van der Waals surface area (Å²) in [5.74, 6) is 0. The number of hydrogen-bond donors (Lipinski definition) is 2. The molecule has 0 aliphatic heterocycles. The normalized spacial score (nSPS) is 5.45. The molecule has 0 spiro atoms. The Bertz CT molecular complexity index is 150. The smallest absolute Gasteiger partial charge is 0.0267 e. The van der Waals surface area contributed by atoms with Crippen molar-refractivity contribution in [1.82, 2.24) is 4.98 Å². The predicted molar refractivity (Wildman–Crippen MR) is 29.7 cm³/mol. The first-order valence-corrected chi connectivity index (χ1v) is 3.22. The van der Waals surface area contributed by atoms with E-state index in [0.717, 1.165) is 0 Å². The predicted octanol–water partition coefficient (Wildman–Crippen LogP) is -4.32. The summed E-state index contributed by atoms with van der Waals surface area (Å²) in [5.41, 5.74) is 0. The molecule has 0 atom stereocenters. The summed E-state index contributed by atoms with van der Waals surface area (Å²) in [4.78, 5) is 3.78. The Hall–Kier alpha value is 0.216. The molecular weight excluding hydrogens is 321 g/mol. The van der Waals surface area contributed by atoms with Gasteiger partial charge in [-0.3, -0.25) is 4.98 Å². The summed E-state index contributed by atoms with van der Waals surface area (Å²) in [5, 5.41) is 0. The minimum absolute atomic E-state index is 0. The molecule has 1 rings (SSSR count). The van der Waals surface area contributed by atoms with Crippen LogP contribution in [0.15, 0.2) is 30.6 Å². The number of aromatic nitrogens is 1. The molecule has 11 heavy (non-hydrogen) atoms. The van der Waals surface area contributed by atoms with Crippen molar-refractivity contribution in [1.29, 1.82) is 8.82 Å². The molecule has 0 aliphatic rings. The van der Waals surface area contributed by atoms with E-state index in [2.05, 4.69) is 4.98 Å². The SMILES string of the molecule is [Br-].[Br-].[NH]=[Co+2]=[NH].c1ccncc1. The fourth-order valence-corrected chi connectivity index (χ4v) is 0.313. The van der Waals surface area contributed by atoms with Gasteiger partial charge in [-0.1, -0.05) is 6.07 Å². The molecule has 1 aromatic rings. The molecule has 3 nitrogen and oxygen atoms in total. The van der Waals surface area contributed by atoms with Crippen molar-refractivity contribution in [3.63, 3.8) is 0 Å². The van der Waals surface area contributed by atoms with Crippen LogP contribution in [0.3, 0.4) is 0 Å². The van der Waals surface area contributed by atoms with Crippen LogP contribution in [0.1, 0.15) is 0 Å². The fraction of sp³-hybridized carbons (Fsp3) is 0. The van der Waals surface area contributed by atoms with E-state index in [9.17, 15) is 0 Å². The van der Waals surface area contributed by atoms with Gasteiger partial charge in [0.2, 0.25) is 0 Å². The molecule has 0 saturated carbocycles. The first kappa shape index (κ1) is 17.3. The van der Waals surface area contributed by atoms with Gasteiger partial charge in [-0.05, 0) is 12.1 Å². The van der Waals surface area contributed by atoms with Gasteiger partial charge in [-0.15, -0.1) is 0 Å². The maximum absolute atomic E-state index is 5.84. The Balaban J connectivity index is -0.000000116. The van der Waals surface area contributed by atoms with Crippen LogP contribution in [0, 0.1) is 8.82 Å². The van der Waals surface area contributed by atoms with Crippen LogP contribution in [0.25, 0.3) is 0 Å². The van der Waals surface area contributed by atoms with E-state index in [0.29, 0.717) is 0 Å². The zero-order valence-electron chi connectivity index (χ0n) is 5.42. The van der Waals surface area contributed by atoms with Crippen LogP contribution in [0.2, 0.25) is 0 Å².